The third kappa shape index (κ3) is 4.32. The molecule has 0 saturated carbocycles. The molecule has 2 heterocycles. The maximum atomic E-state index is 12.2. The minimum absolute atomic E-state index is 0.115. The molecule has 2 aromatic rings. The number of carbonyl (C=O) groups is 1. The SMILES string of the molecule is COc1ccc(OCc2noc(CN3CCC[C@@H]3C(=O)N(C)C)n2)cc1. The Morgan fingerprint density at radius 2 is 2.04 bits per heavy atom. The van der Waals surface area contributed by atoms with Crippen LogP contribution in [-0.2, 0) is 17.9 Å². The predicted octanol–water partition coefficient (Wildman–Crippen LogP) is 1.71. The largest absolute Gasteiger partial charge is 0.497 e. The Morgan fingerprint density at radius 1 is 1.31 bits per heavy atom. The lowest BCUT2D eigenvalue weighted by atomic mass is 10.2. The van der Waals surface area contributed by atoms with Crippen LogP contribution >= 0.6 is 0 Å². The molecule has 0 spiro atoms. The van der Waals surface area contributed by atoms with Gasteiger partial charge in [0.05, 0.1) is 19.7 Å². The van der Waals surface area contributed by atoms with Gasteiger partial charge >= 0.3 is 0 Å². The normalized spacial score (nSPS) is 17.3. The average Bonchev–Trinajstić information content (AvgIpc) is 3.29. The van der Waals surface area contributed by atoms with E-state index in [4.69, 9.17) is 14.0 Å². The van der Waals surface area contributed by atoms with Crippen LogP contribution in [0.4, 0.5) is 0 Å². The number of ether oxygens (including phenoxy) is 2. The average molecular weight is 360 g/mol. The van der Waals surface area contributed by atoms with E-state index >= 15 is 0 Å². The molecule has 0 unspecified atom stereocenters. The number of aromatic nitrogens is 2. The van der Waals surface area contributed by atoms with E-state index in [0.29, 0.717) is 24.0 Å². The Bertz CT molecular complexity index is 729. The summed E-state index contributed by atoms with van der Waals surface area (Å²) < 4.78 is 16.1. The van der Waals surface area contributed by atoms with Gasteiger partial charge in [-0.3, -0.25) is 9.69 Å². The molecule has 140 valence electrons. The standard InChI is InChI=1S/C18H24N4O4/c1-21(2)18(23)15-5-4-10-22(15)11-17-19-16(20-26-17)12-25-14-8-6-13(24-3)7-9-14/h6-9,15H,4-5,10-12H2,1-3H3/t15-/m1/s1. The fourth-order valence-corrected chi connectivity index (χ4v) is 3.00. The third-order valence-corrected chi connectivity index (χ3v) is 4.37. The first-order valence-electron chi connectivity index (χ1n) is 8.60. The first kappa shape index (κ1) is 18.2. The van der Waals surface area contributed by atoms with Crippen LogP contribution < -0.4 is 9.47 Å². The molecule has 1 atom stereocenters. The van der Waals surface area contributed by atoms with Crippen LogP contribution in [0.3, 0.4) is 0 Å². The molecule has 3 rings (SSSR count). The Labute approximate surface area is 152 Å². The lowest BCUT2D eigenvalue weighted by Gasteiger charge is -2.24. The van der Waals surface area contributed by atoms with Gasteiger partial charge in [0.25, 0.3) is 0 Å². The summed E-state index contributed by atoms with van der Waals surface area (Å²) in [6, 6.07) is 7.18. The molecular weight excluding hydrogens is 336 g/mol. The second-order valence-corrected chi connectivity index (χ2v) is 6.43. The van der Waals surface area contributed by atoms with E-state index in [2.05, 4.69) is 15.0 Å². The van der Waals surface area contributed by atoms with Crippen molar-refractivity contribution < 1.29 is 18.8 Å². The number of nitrogens with zero attached hydrogens (tertiary/aromatic N) is 4. The second kappa shape index (κ2) is 8.18. The molecule has 1 aromatic heterocycles. The minimum Gasteiger partial charge on any atom is -0.497 e. The summed E-state index contributed by atoms with van der Waals surface area (Å²) in [5, 5.41) is 3.95. The van der Waals surface area contributed by atoms with Crippen molar-refractivity contribution in [3.05, 3.63) is 36.0 Å². The summed E-state index contributed by atoms with van der Waals surface area (Å²) in [6.07, 6.45) is 1.85. The fourth-order valence-electron chi connectivity index (χ4n) is 3.00. The molecule has 1 aliphatic rings. The number of carbonyl (C=O) groups excluding carboxylic acids is 1. The van der Waals surface area contributed by atoms with E-state index in [1.54, 1.807) is 26.1 Å². The zero-order valence-corrected chi connectivity index (χ0v) is 15.3. The smallest absolute Gasteiger partial charge is 0.240 e. The quantitative estimate of drug-likeness (QED) is 0.743. The van der Waals surface area contributed by atoms with E-state index in [1.807, 2.05) is 24.3 Å². The molecule has 1 aromatic carbocycles. The Morgan fingerprint density at radius 3 is 2.73 bits per heavy atom. The summed E-state index contributed by atoms with van der Waals surface area (Å²) in [5.41, 5.74) is 0. The second-order valence-electron chi connectivity index (χ2n) is 6.43. The van der Waals surface area contributed by atoms with Gasteiger partial charge in [-0.15, -0.1) is 0 Å². The molecule has 26 heavy (non-hydrogen) atoms. The summed E-state index contributed by atoms with van der Waals surface area (Å²) in [6.45, 7) is 1.54. The summed E-state index contributed by atoms with van der Waals surface area (Å²) >= 11 is 0. The maximum Gasteiger partial charge on any atom is 0.240 e. The lowest BCUT2D eigenvalue weighted by molar-refractivity contribution is -0.133. The van der Waals surface area contributed by atoms with Crippen molar-refractivity contribution in [1.29, 1.82) is 0 Å². The molecule has 0 N–H and O–H groups in total. The Balaban J connectivity index is 1.55. The van der Waals surface area contributed by atoms with Crippen LogP contribution in [0.1, 0.15) is 24.6 Å². The van der Waals surface area contributed by atoms with Crippen LogP contribution in [0.25, 0.3) is 0 Å². The van der Waals surface area contributed by atoms with Crippen LogP contribution in [0, 0.1) is 0 Å². The maximum absolute atomic E-state index is 12.2. The predicted molar refractivity (Wildman–Crippen MR) is 93.8 cm³/mol. The van der Waals surface area contributed by atoms with Crippen LogP contribution in [0.5, 0.6) is 11.5 Å². The van der Waals surface area contributed by atoms with Gasteiger partial charge in [-0.1, -0.05) is 5.16 Å². The Kier molecular flexibility index (Phi) is 5.72. The molecule has 8 nitrogen and oxygen atoms in total. The fraction of sp³-hybridized carbons (Fsp3) is 0.500. The summed E-state index contributed by atoms with van der Waals surface area (Å²) in [5.74, 6) is 2.56. The molecule has 0 radical (unpaired) electrons. The monoisotopic (exact) mass is 360 g/mol. The number of hydrogen-bond acceptors (Lipinski definition) is 7. The minimum atomic E-state index is -0.115. The first-order chi connectivity index (χ1) is 12.6. The van der Waals surface area contributed by atoms with Gasteiger partial charge in [-0.05, 0) is 43.7 Å². The van der Waals surface area contributed by atoms with Crippen molar-refractivity contribution in [2.45, 2.75) is 32.0 Å². The highest BCUT2D eigenvalue weighted by molar-refractivity contribution is 5.81. The molecule has 1 amide bonds. The number of amides is 1. The summed E-state index contributed by atoms with van der Waals surface area (Å²) in [4.78, 5) is 20.3. The van der Waals surface area contributed by atoms with Gasteiger partial charge in [0.2, 0.25) is 17.6 Å². The van der Waals surface area contributed by atoms with Crippen molar-refractivity contribution in [1.82, 2.24) is 19.9 Å². The number of likely N-dealkylation sites (N-methyl/N-ethyl adjacent to an activating group) is 1. The van der Waals surface area contributed by atoms with Gasteiger partial charge in [0.15, 0.2) is 6.61 Å². The molecule has 8 heteroatoms. The zero-order chi connectivity index (χ0) is 18.5. The van der Waals surface area contributed by atoms with Gasteiger partial charge in [0.1, 0.15) is 11.5 Å². The highest BCUT2D eigenvalue weighted by Crippen LogP contribution is 2.21. The van der Waals surface area contributed by atoms with Crippen molar-refractivity contribution in [3.8, 4) is 11.5 Å². The highest BCUT2D eigenvalue weighted by atomic mass is 16.5. The van der Waals surface area contributed by atoms with Crippen molar-refractivity contribution in [2.24, 2.45) is 0 Å². The summed E-state index contributed by atoms with van der Waals surface area (Å²) in [7, 11) is 5.17. The molecule has 0 bridgehead atoms. The van der Waals surface area contributed by atoms with E-state index in [0.717, 1.165) is 25.1 Å². The van der Waals surface area contributed by atoms with Crippen molar-refractivity contribution >= 4 is 5.91 Å². The number of rotatable bonds is 7. The van der Waals surface area contributed by atoms with Gasteiger partial charge in [-0.2, -0.15) is 4.98 Å². The van der Waals surface area contributed by atoms with Gasteiger partial charge in [-0.25, -0.2) is 0 Å². The molecule has 1 aliphatic heterocycles. The molecular formula is C18H24N4O4. The Hall–Kier alpha value is -2.61. The number of benzene rings is 1. The van der Waals surface area contributed by atoms with E-state index in [9.17, 15) is 4.79 Å². The highest BCUT2D eigenvalue weighted by Gasteiger charge is 2.32. The lowest BCUT2D eigenvalue weighted by Crippen LogP contribution is -2.42. The third-order valence-electron chi connectivity index (χ3n) is 4.37. The van der Waals surface area contributed by atoms with Gasteiger partial charge < -0.3 is 18.9 Å². The van der Waals surface area contributed by atoms with Crippen LogP contribution in [-0.4, -0.2) is 59.6 Å². The number of hydrogen-bond donors (Lipinski definition) is 0. The molecule has 1 saturated heterocycles. The zero-order valence-electron chi connectivity index (χ0n) is 15.3. The van der Waals surface area contributed by atoms with Gasteiger partial charge in [0, 0.05) is 14.1 Å². The number of methoxy groups -OCH3 is 1. The molecule has 0 aliphatic carbocycles. The van der Waals surface area contributed by atoms with E-state index in [-0.39, 0.29) is 18.6 Å². The van der Waals surface area contributed by atoms with Crippen LogP contribution in [0.15, 0.2) is 28.8 Å². The van der Waals surface area contributed by atoms with Crippen molar-refractivity contribution in [3.63, 3.8) is 0 Å². The molecule has 1 fully saturated rings. The van der Waals surface area contributed by atoms with E-state index in [1.165, 1.54) is 0 Å². The first-order valence-corrected chi connectivity index (χ1v) is 8.60. The number of likely N-dealkylation sites (tertiary alicyclic amines) is 1. The topological polar surface area (TPSA) is 80.9 Å². The van der Waals surface area contributed by atoms with E-state index < -0.39 is 0 Å². The van der Waals surface area contributed by atoms with Crippen LogP contribution in [0.2, 0.25) is 0 Å². The van der Waals surface area contributed by atoms with Crippen molar-refractivity contribution in [2.75, 3.05) is 27.7 Å².